The van der Waals surface area contributed by atoms with Crippen molar-refractivity contribution in [3.63, 3.8) is 0 Å². The summed E-state index contributed by atoms with van der Waals surface area (Å²) in [5.41, 5.74) is 7.19. The first-order valence-electron chi connectivity index (χ1n) is 8.59. The Morgan fingerprint density at radius 3 is 2.67 bits per heavy atom. The van der Waals surface area contributed by atoms with Crippen LogP contribution in [0.3, 0.4) is 0 Å². The van der Waals surface area contributed by atoms with Crippen LogP contribution in [0.15, 0.2) is 0 Å². The van der Waals surface area contributed by atoms with Gasteiger partial charge in [0.15, 0.2) is 0 Å². The van der Waals surface area contributed by atoms with Crippen LogP contribution in [0.2, 0.25) is 0 Å². The lowest BCUT2D eigenvalue weighted by Gasteiger charge is -2.31. The minimum absolute atomic E-state index is 0.0614. The van der Waals surface area contributed by atoms with E-state index in [1.165, 1.54) is 16.2 Å². The summed E-state index contributed by atoms with van der Waals surface area (Å²) in [5.74, 6) is 0.122. The normalized spacial score (nSPS) is 22.2. The average molecular weight is 350 g/mol. The van der Waals surface area contributed by atoms with Crippen molar-refractivity contribution >= 4 is 28.2 Å². The predicted molar refractivity (Wildman–Crippen MR) is 96.6 cm³/mol. The van der Waals surface area contributed by atoms with Crippen molar-refractivity contribution in [2.24, 2.45) is 11.7 Å². The zero-order valence-electron chi connectivity index (χ0n) is 14.4. The molecule has 2 heterocycles. The molecule has 3 rings (SSSR count). The highest BCUT2D eigenvalue weighted by Gasteiger charge is 2.27. The molecule has 0 saturated carbocycles. The first-order chi connectivity index (χ1) is 11.4. The number of thiophene rings is 1. The second-order valence-electron chi connectivity index (χ2n) is 7.05. The van der Waals surface area contributed by atoms with Crippen molar-refractivity contribution < 1.29 is 9.59 Å². The summed E-state index contributed by atoms with van der Waals surface area (Å²) < 4.78 is 0. The first-order valence-corrected chi connectivity index (χ1v) is 9.40. The molecule has 2 amide bonds. The Bertz CT molecular complexity index is 635. The number of carbonyl (C=O) groups is 2. The monoisotopic (exact) mass is 350 g/mol. The Kier molecular flexibility index (Phi) is 5.22. The van der Waals surface area contributed by atoms with Gasteiger partial charge in [-0.2, -0.15) is 0 Å². The van der Waals surface area contributed by atoms with Gasteiger partial charge in [0.2, 0.25) is 5.91 Å². The standard InChI is InChI=1S/C17H26N4O2S/c1-11-3-4-12-13(9-11)24-17(15(12)16(18)23)19-14(22)10-21-7-5-20(2)6-8-21/h11H,3-10H2,1-2H3,(H2,18,23)(H,19,22). The maximum atomic E-state index is 12.4. The number of piperazine rings is 1. The number of amides is 2. The summed E-state index contributed by atoms with van der Waals surface area (Å²) in [4.78, 5) is 29.9. The Morgan fingerprint density at radius 1 is 1.29 bits per heavy atom. The molecule has 3 N–H and O–H groups in total. The van der Waals surface area contributed by atoms with E-state index in [0.29, 0.717) is 23.0 Å². The zero-order valence-corrected chi connectivity index (χ0v) is 15.2. The average Bonchev–Trinajstić information content (AvgIpc) is 2.86. The smallest absolute Gasteiger partial charge is 0.251 e. The minimum atomic E-state index is -0.433. The van der Waals surface area contributed by atoms with Crippen molar-refractivity contribution in [3.05, 3.63) is 16.0 Å². The molecular weight excluding hydrogens is 324 g/mol. The van der Waals surface area contributed by atoms with Crippen molar-refractivity contribution in [2.75, 3.05) is 45.1 Å². The van der Waals surface area contributed by atoms with Gasteiger partial charge in [0, 0.05) is 31.1 Å². The van der Waals surface area contributed by atoms with Crippen molar-refractivity contribution in [2.45, 2.75) is 26.2 Å². The molecule has 0 bridgehead atoms. The lowest BCUT2D eigenvalue weighted by atomic mass is 9.88. The molecular formula is C17H26N4O2S. The molecule has 1 fully saturated rings. The van der Waals surface area contributed by atoms with Crippen LogP contribution in [-0.4, -0.2) is 61.4 Å². The van der Waals surface area contributed by atoms with E-state index in [9.17, 15) is 9.59 Å². The number of primary amides is 1. The highest BCUT2D eigenvalue weighted by Crippen LogP contribution is 2.39. The van der Waals surface area contributed by atoms with Gasteiger partial charge in [0.05, 0.1) is 12.1 Å². The van der Waals surface area contributed by atoms with E-state index in [-0.39, 0.29) is 5.91 Å². The molecule has 1 atom stereocenters. The highest BCUT2D eigenvalue weighted by molar-refractivity contribution is 7.17. The molecule has 7 heteroatoms. The zero-order chi connectivity index (χ0) is 17.3. The molecule has 0 spiro atoms. The van der Waals surface area contributed by atoms with Crippen LogP contribution in [0, 0.1) is 5.92 Å². The number of hydrogen-bond donors (Lipinski definition) is 2. The number of rotatable bonds is 4. The van der Waals surface area contributed by atoms with E-state index in [1.54, 1.807) is 0 Å². The molecule has 1 aromatic heterocycles. The lowest BCUT2D eigenvalue weighted by Crippen LogP contribution is -2.47. The Morgan fingerprint density at radius 2 is 2.00 bits per heavy atom. The number of fused-ring (bicyclic) bond motifs is 1. The topological polar surface area (TPSA) is 78.7 Å². The molecule has 132 valence electrons. The third kappa shape index (κ3) is 3.79. The number of nitrogens with one attached hydrogen (secondary N) is 1. The maximum absolute atomic E-state index is 12.4. The van der Waals surface area contributed by atoms with E-state index in [4.69, 9.17) is 5.73 Å². The van der Waals surface area contributed by atoms with Crippen LogP contribution >= 0.6 is 11.3 Å². The summed E-state index contributed by atoms with van der Waals surface area (Å²) in [6.45, 7) is 6.33. The van der Waals surface area contributed by atoms with Gasteiger partial charge in [0.25, 0.3) is 5.91 Å². The molecule has 1 aromatic rings. The van der Waals surface area contributed by atoms with Crippen LogP contribution in [0.4, 0.5) is 5.00 Å². The van der Waals surface area contributed by atoms with Crippen molar-refractivity contribution in [1.29, 1.82) is 0 Å². The van der Waals surface area contributed by atoms with Gasteiger partial charge in [-0.3, -0.25) is 14.5 Å². The van der Waals surface area contributed by atoms with Gasteiger partial charge in [0.1, 0.15) is 5.00 Å². The van der Waals surface area contributed by atoms with Crippen molar-refractivity contribution in [3.8, 4) is 0 Å². The first kappa shape index (κ1) is 17.4. The van der Waals surface area contributed by atoms with Gasteiger partial charge in [-0.25, -0.2) is 0 Å². The van der Waals surface area contributed by atoms with E-state index in [0.717, 1.165) is 51.0 Å². The molecule has 6 nitrogen and oxygen atoms in total. The lowest BCUT2D eigenvalue weighted by molar-refractivity contribution is -0.117. The molecule has 1 aliphatic heterocycles. The summed E-state index contributed by atoms with van der Waals surface area (Å²) in [6, 6.07) is 0. The van der Waals surface area contributed by atoms with Gasteiger partial charge in [-0.05, 0) is 37.8 Å². The molecule has 1 aliphatic carbocycles. The van der Waals surface area contributed by atoms with E-state index in [1.807, 2.05) is 0 Å². The second kappa shape index (κ2) is 7.21. The van der Waals surface area contributed by atoms with Gasteiger partial charge in [-0.1, -0.05) is 6.92 Å². The fourth-order valence-electron chi connectivity index (χ4n) is 3.47. The van der Waals surface area contributed by atoms with Gasteiger partial charge >= 0.3 is 0 Å². The number of carbonyl (C=O) groups excluding carboxylic acids is 2. The number of nitrogens with two attached hydrogens (primary N) is 1. The molecule has 1 saturated heterocycles. The van der Waals surface area contributed by atoms with E-state index < -0.39 is 5.91 Å². The van der Waals surface area contributed by atoms with Crippen LogP contribution in [-0.2, 0) is 17.6 Å². The second-order valence-corrected chi connectivity index (χ2v) is 8.15. The highest BCUT2D eigenvalue weighted by atomic mass is 32.1. The quantitative estimate of drug-likeness (QED) is 0.854. The summed E-state index contributed by atoms with van der Waals surface area (Å²) in [5, 5.41) is 3.59. The number of anilines is 1. The Hall–Kier alpha value is -1.44. The van der Waals surface area contributed by atoms with E-state index in [2.05, 4.69) is 29.1 Å². The van der Waals surface area contributed by atoms with Crippen LogP contribution in [0.5, 0.6) is 0 Å². The number of likely N-dealkylation sites (N-methyl/N-ethyl adjacent to an activating group) is 1. The Labute approximate surface area is 147 Å². The van der Waals surface area contributed by atoms with Crippen LogP contribution in [0.25, 0.3) is 0 Å². The minimum Gasteiger partial charge on any atom is -0.365 e. The molecule has 2 aliphatic rings. The van der Waals surface area contributed by atoms with Gasteiger partial charge in [-0.15, -0.1) is 11.3 Å². The van der Waals surface area contributed by atoms with Gasteiger partial charge < -0.3 is 16.0 Å². The van der Waals surface area contributed by atoms with E-state index >= 15 is 0 Å². The number of nitrogens with zero attached hydrogens (tertiary/aromatic N) is 2. The molecule has 0 aromatic carbocycles. The predicted octanol–water partition coefficient (Wildman–Crippen LogP) is 1.16. The molecule has 0 radical (unpaired) electrons. The fourth-order valence-corrected chi connectivity index (χ4v) is 4.91. The third-order valence-corrected chi connectivity index (χ3v) is 6.14. The molecule has 24 heavy (non-hydrogen) atoms. The fraction of sp³-hybridized carbons (Fsp3) is 0.647. The number of hydrogen-bond acceptors (Lipinski definition) is 5. The third-order valence-electron chi connectivity index (χ3n) is 4.97. The maximum Gasteiger partial charge on any atom is 0.251 e. The summed E-state index contributed by atoms with van der Waals surface area (Å²) >= 11 is 1.53. The largest absolute Gasteiger partial charge is 0.365 e. The van der Waals surface area contributed by atoms with Crippen LogP contribution < -0.4 is 11.1 Å². The molecule has 1 unspecified atom stereocenters. The van der Waals surface area contributed by atoms with Crippen LogP contribution in [0.1, 0.15) is 34.1 Å². The SMILES string of the molecule is CC1CCc2c(sc(NC(=O)CN3CCN(C)CC3)c2C(N)=O)C1. The summed E-state index contributed by atoms with van der Waals surface area (Å²) in [6.07, 6.45) is 2.91. The Balaban J connectivity index is 1.70. The summed E-state index contributed by atoms with van der Waals surface area (Å²) in [7, 11) is 2.09. The van der Waals surface area contributed by atoms with Crippen molar-refractivity contribution in [1.82, 2.24) is 9.80 Å².